The van der Waals surface area contributed by atoms with Gasteiger partial charge in [0.15, 0.2) is 0 Å². The van der Waals surface area contributed by atoms with Crippen LogP contribution in [0.5, 0.6) is 0 Å². The Morgan fingerprint density at radius 2 is 1.69 bits per heavy atom. The van der Waals surface area contributed by atoms with Gasteiger partial charge in [-0.3, -0.25) is 4.79 Å². The lowest BCUT2D eigenvalue weighted by molar-refractivity contribution is 0.103. The maximum absolute atomic E-state index is 12.1. The van der Waals surface area contributed by atoms with Crippen LogP contribution < -0.4 is 5.32 Å². The van der Waals surface area contributed by atoms with Gasteiger partial charge in [-0.15, -0.1) is 22.7 Å². The van der Waals surface area contributed by atoms with Gasteiger partial charge in [0.05, 0.1) is 10.6 Å². The number of carbonyl (C=O) groups is 1. The number of thiazole rings is 1. The zero-order valence-corrected chi connectivity index (χ0v) is 15.7. The molecule has 1 amide bonds. The fourth-order valence-electron chi connectivity index (χ4n) is 2.68. The second kappa shape index (κ2) is 7.23. The zero-order valence-electron chi connectivity index (χ0n) is 14.1. The number of hydrogen-bond donors (Lipinski definition) is 1. The van der Waals surface area contributed by atoms with Crippen molar-refractivity contribution in [3.05, 3.63) is 81.9 Å². The molecular weight excluding hydrogens is 360 g/mol. The molecule has 3 nitrogen and oxygen atoms in total. The van der Waals surface area contributed by atoms with Crippen molar-refractivity contribution in [2.24, 2.45) is 0 Å². The Balaban J connectivity index is 1.56. The molecule has 1 N–H and O–H groups in total. The van der Waals surface area contributed by atoms with Crippen LogP contribution in [-0.2, 0) is 0 Å². The van der Waals surface area contributed by atoms with Crippen molar-refractivity contribution in [3.63, 3.8) is 0 Å². The van der Waals surface area contributed by atoms with E-state index in [1.54, 1.807) is 11.3 Å². The van der Waals surface area contributed by atoms with Gasteiger partial charge in [-0.1, -0.05) is 48.5 Å². The summed E-state index contributed by atoms with van der Waals surface area (Å²) in [6, 6.07) is 21.7. The molecule has 2 aromatic carbocycles. The van der Waals surface area contributed by atoms with Crippen molar-refractivity contribution in [1.29, 1.82) is 0 Å². The highest BCUT2D eigenvalue weighted by atomic mass is 32.1. The summed E-state index contributed by atoms with van der Waals surface area (Å²) in [7, 11) is 0. The Morgan fingerprint density at radius 3 is 2.38 bits per heavy atom. The van der Waals surface area contributed by atoms with Gasteiger partial charge >= 0.3 is 0 Å². The number of benzene rings is 2. The number of aryl methyl sites for hydroxylation is 1. The van der Waals surface area contributed by atoms with E-state index in [1.165, 1.54) is 16.2 Å². The van der Waals surface area contributed by atoms with E-state index in [0.717, 1.165) is 27.5 Å². The molecule has 26 heavy (non-hydrogen) atoms. The number of anilines is 1. The number of nitrogens with zero attached hydrogens (tertiary/aromatic N) is 1. The molecule has 0 aliphatic heterocycles. The van der Waals surface area contributed by atoms with Gasteiger partial charge in [-0.2, -0.15) is 0 Å². The van der Waals surface area contributed by atoms with Gasteiger partial charge < -0.3 is 5.32 Å². The van der Waals surface area contributed by atoms with Crippen LogP contribution in [0.2, 0.25) is 0 Å². The van der Waals surface area contributed by atoms with Gasteiger partial charge in [0, 0.05) is 21.7 Å². The number of amides is 1. The second-order valence-corrected chi connectivity index (χ2v) is 7.95. The summed E-state index contributed by atoms with van der Waals surface area (Å²) in [6.07, 6.45) is 0. The first-order valence-corrected chi connectivity index (χ1v) is 9.88. The fourth-order valence-corrected chi connectivity index (χ4v) is 4.24. The summed E-state index contributed by atoms with van der Waals surface area (Å²) in [4.78, 5) is 18.8. The topological polar surface area (TPSA) is 42.0 Å². The van der Waals surface area contributed by atoms with E-state index in [4.69, 9.17) is 4.98 Å². The van der Waals surface area contributed by atoms with Crippen LogP contribution in [-0.4, -0.2) is 10.9 Å². The maximum atomic E-state index is 12.1. The van der Waals surface area contributed by atoms with Crippen molar-refractivity contribution in [1.82, 2.24) is 4.98 Å². The van der Waals surface area contributed by atoms with Crippen molar-refractivity contribution in [2.75, 3.05) is 5.32 Å². The third-order valence-corrected chi connectivity index (χ3v) is 5.87. The van der Waals surface area contributed by atoms with Crippen molar-refractivity contribution >= 4 is 34.3 Å². The Labute approximate surface area is 160 Å². The highest BCUT2D eigenvalue weighted by molar-refractivity contribution is 7.15. The lowest BCUT2D eigenvalue weighted by atomic mass is 10.1. The third-order valence-electron chi connectivity index (χ3n) is 3.98. The third kappa shape index (κ3) is 3.45. The van der Waals surface area contributed by atoms with Crippen molar-refractivity contribution < 1.29 is 4.79 Å². The highest BCUT2D eigenvalue weighted by Gasteiger charge is 2.12. The Kier molecular flexibility index (Phi) is 4.65. The van der Waals surface area contributed by atoms with Crippen molar-refractivity contribution in [2.45, 2.75) is 6.92 Å². The lowest BCUT2D eigenvalue weighted by Gasteiger charge is -2.05. The molecule has 0 fully saturated rings. The lowest BCUT2D eigenvalue weighted by Crippen LogP contribution is -2.09. The quantitative estimate of drug-likeness (QED) is 0.467. The molecule has 0 spiro atoms. The van der Waals surface area contributed by atoms with Crippen LogP contribution in [0.25, 0.3) is 21.8 Å². The smallest absolute Gasteiger partial charge is 0.265 e. The monoisotopic (exact) mass is 376 g/mol. The van der Waals surface area contributed by atoms with E-state index >= 15 is 0 Å². The van der Waals surface area contributed by atoms with E-state index < -0.39 is 0 Å². The molecule has 0 bridgehead atoms. The predicted octanol–water partition coefficient (Wildman–Crippen LogP) is 6.10. The molecule has 4 aromatic rings. The molecule has 0 aliphatic rings. The molecule has 0 unspecified atom stereocenters. The first-order valence-electron chi connectivity index (χ1n) is 8.19. The highest BCUT2D eigenvalue weighted by Crippen LogP contribution is 2.33. The van der Waals surface area contributed by atoms with Crippen LogP contribution in [0, 0.1) is 6.92 Å². The summed E-state index contributed by atoms with van der Waals surface area (Å²) in [6.45, 7) is 2.09. The molecule has 0 atom stereocenters. The normalized spacial score (nSPS) is 10.7. The Morgan fingerprint density at radius 1 is 0.923 bits per heavy atom. The number of rotatable bonds is 4. The molecule has 0 saturated heterocycles. The molecule has 0 aliphatic carbocycles. The molecule has 2 heterocycles. The van der Waals surface area contributed by atoms with Crippen LogP contribution >= 0.6 is 22.7 Å². The van der Waals surface area contributed by atoms with Crippen LogP contribution in [0.15, 0.2) is 72.1 Å². The summed E-state index contributed by atoms with van der Waals surface area (Å²) in [5.74, 6) is -0.0797. The number of carbonyl (C=O) groups excluding carboxylic acids is 1. The standard InChI is InChI=1S/C21H16N2OS2/c1-14-19(23-21(26-14)16-6-3-2-4-7-16)15-9-11-17(12-10-15)22-20(24)18-8-5-13-25-18/h2-13H,1H3,(H,22,24). The number of nitrogens with one attached hydrogen (secondary N) is 1. The number of thiophene rings is 1. The first kappa shape index (κ1) is 16.7. The minimum atomic E-state index is -0.0797. The SMILES string of the molecule is Cc1sc(-c2ccccc2)nc1-c1ccc(NC(=O)c2cccs2)cc1. The average Bonchev–Trinajstić information content (AvgIpc) is 3.33. The van der Waals surface area contributed by atoms with E-state index in [2.05, 4.69) is 24.4 Å². The molecule has 2 aromatic heterocycles. The van der Waals surface area contributed by atoms with Gasteiger partial charge in [-0.05, 0) is 30.5 Å². The molecule has 0 radical (unpaired) electrons. The van der Waals surface area contributed by atoms with Crippen LogP contribution in [0.1, 0.15) is 14.5 Å². The molecular formula is C21H16N2OS2. The van der Waals surface area contributed by atoms with Gasteiger partial charge in [-0.25, -0.2) is 4.98 Å². The molecule has 5 heteroatoms. The molecule has 128 valence electrons. The van der Waals surface area contributed by atoms with E-state index in [-0.39, 0.29) is 5.91 Å². The van der Waals surface area contributed by atoms with Gasteiger partial charge in [0.25, 0.3) is 5.91 Å². The minimum Gasteiger partial charge on any atom is -0.321 e. The summed E-state index contributed by atoms with van der Waals surface area (Å²) >= 11 is 3.13. The summed E-state index contributed by atoms with van der Waals surface area (Å²) in [5.41, 5.74) is 3.95. The van der Waals surface area contributed by atoms with Gasteiger partial charge in [0.1, 0.15) is 5.01 Å². The molecule has 4 rings (SSSR count). The summed E-state index contributed by atoms with van der Waals surface area (Å²) < 4.78 is 0. The largest absolute Gasteiger partial charge is 0.321 e. The van der Waals surface area contributed by atoms with Crippen LogP contribution in [0.3, 0.4) is 0 Å². The number of hydrogen-bond acceptors (Lipinski definition) is 4. The maximum Gasteiger partial charge on any atom is 0.265 e. The first-order chi connectivity index (χ1) is 12.7. The fraction of sp³-hybridized carbons (Fsp3) is 0.0476. The van der Waals surface area contributed by atoms with E-state index in [0.29, 0.717) is 4.88 Å². The van der Waals surface area contributed by atoms with E-state index in [9.17, 15) is 4.79 Å². The zero-order chi connectivity index (χ0) is 17.9. The summed E-state index contributed by atoms with van der Waals surface area (Å²) in [5, 5.41) is 5.84. The molecule has 0 saturated carbocycles. The van der Waals surface area contributed by atoms with Crippen LogP contribution in [0.4, 0.5) is 5.69 Å². The second-order valence-electron chi connectivity index (χ2n) is 5.80. The number of aromatic nitrogens is 1. The Bertz CT molecular complexity index is 1020. The van der Waals surface area contributed by atoms with Gasteiger partial charge in [0.2, 0.25) is 0 Å². The van der Waals surface area contributed by atoms with E-state index in [1.807, 2.05) is 60.0 Å². The average molecular weight is 377 g/mol. The van der Waals surface area contributed by atoms with Crippen molar-refractivity contribution in [3.8, 4) is 21.8 Å². The predicted molar refractivity (Wildman–Crippen MR) is 110 cm³/mol. The Hall–Kier alpha value is -2.76. The minimum absolute atomic E-state index is 0.0797.